The molecule has 0 N–H and O–H groups in total. The summed E-state index contributed by atoms with van der Waals surface area (Å²) in [5.41, 5.74) is 1.42. The average molecular weight is 516 g/mol. The molecule has 0 aliphatic rings. The summed E-state index contributed by atoms with van der Waals surface area (Å²) in [5.74, 6) is -0.707. The Morgan fingerprint density at radius 2 is 1.30 bits per heavy atom. The van der Waals surface area contributed by atoms with Crippen LogP contribution < -0.4 is 9.04 Å². The van der Waals surface area contributed by atoms with Crippen molar-refractivity contribution in [3.8, 4) is 5.75 Å². The molecule has 0 unspecified atom stereocenters. The van der Waals surface area contributed by atoms with E-state index in [1.54, 1.807) is 84.9 Å². The largest absolute Gasteiger partial charge is 0.495 e. The highest BCUT2D eigenvalue weighted by Gasteiger charge is 2.28. The van der Waals surface area contributed by atoms with Gasteiger partial charge in [-0.3, -0.25) is 9.10 Å². The van der Waals surface area contributed by atoms with Gasteiger partial charge in [-0.25, -0.2) is 13.2 Å². The second-order valence-electron chi connectivity index (χ2n) is 8.10. The Labute approximate surface area is 215 Å². The topological polar surface area (TPSA) is 90.0 Å². The lowest BCUT2D eigenvalue weighted by molar-refractivity contribution is 0.0280. The summed E-state index contributed by atoms with van der Waals surface area (Å²) in [7, 11) is -1.05. The van der Waals surface area contributed by atoms with Gasteiger partial charge in [0.15, 0.2) is 6.10 Å². The fourth-order valence-electron chi connectivity index (χ4n) is 3.77. The molecule has 4 rings (SSSR count). The van der Waals surface area contributed by atoms with Crippen molar-refractivity contribution in [3.63, 3.8) is 0 Å². The number of ether oxygens (including phenoxy) is 2. The minimum Gasteiger partial charge on any atom is -0.495 e. The average Bonchev–Trinajstić information content (AvgIpc) is 2.96. The van der Waals surface area contributed by atoms with Crippen molar-refractivity contribution in [1.29, 1.82) is 0 Å². The van der Waals surface area contributed by atoms with Crippen LogP contribution in [0.5, 0.6) is 5.75 Å². The fourth-order valence-corrected chi connectivity index (χ4v) is 4.98. The third-order valence-corrected chi connectivity index (χ3v) is 7.58. The molecule has 188 valence electrons. The number of carbonyl (C=O) groups is 2. The molecule has 0 saturated heterocycles. The maximum atomic E-state index is 13.2. The maximum absolute atomic E-state index is 13.2. The third-order valence-electron chi connectivity index (χ3n) is 5.80. The molecule has 4 aromatic carbocycles. The zero-order chi connectivity index (χ0) is 26.4. The fraction of sp³-hybridized carbons (Fsp3) is 0.103. The molecule has 0 saturated carbocycles. The normalized spacial score (nSPS) is 11.8. The van der Waals surface area contributed by atoms with Crippen molar-refractivity contribution < 1.29 is 27.5 Å². The molecule has 0 aromatic heterocycles. The molecule has 0 radical (unpaired) electrons. The van der Waals surface area contributed by atoms with Crippen LogP contribution in [0.4, 0.5) is 5.69 Å². The van der Waals surface area contributed by atoms with E-state index >= 15 is 0 Å². The van der Waals surface area contributed by atoms with E-state index in [-0.39, 0.29) is 16.2 Å². The van der Waals surface area contributed by atoms with Crippen molar-refractivity contribution in [2.75, 3.05) is 18.5 Å². The summed E-state index contributed by atoms with van der Waals surface area (Å²) < 4.78 is 38.4. The van der Waals surface area contributed by atoms with Crippen LogP contribution in [0.1, 0.15) is 32.4 Å². The van der Waals surface area contributed by atoms with Gasteiger partial charge in [0.1, 0.15) is 5.75 Å². The summed E-state index contributed by atoms with van der Waals surface area (Å²) in [5, 5.41) is 0. The van der Waals surface area contributed by atoms with E-state index in [1.165, 1.54) is 38.4 Å². The highest BCUT2D eigenvalue weighted by atomic mass is 32.2. The molecule has 37 heavy (non-hydrogen) atoms. The van der Waals surface area contributed by atoms with Crippen LogP contribution in [0.25, 0.3) is 0 Å². The Bertz CT molecular complexity index is 1490. The first-order valence-corrected chi connectivity index (χ1v) is 12.8. The number of ketones is 1. The summed E-state index contributed by atoms with van der Waals surface area (Å²) in [4.78, 5) is 26.2. The Hall–Kier alpha value is -4.43. The molecule has 0 fully saturated rings. The second-order valence-corrected chi connectivity index (χ2v) is 10.1. The number of esters is 1. The Morgan fingerprint density at radius 1 is 0.730 bits per heavy atom. The van der Waals surface area contributed by atoms with Crippen LogP contribution in [0, 0.1) is 0 Å². The van der Waals surface area contributed by atoms with Gasteiger partial charge in [-0.15, -0.1) is 0 Å². The minimum absolute atomic E-state index is 0.0163. The predicted octanol–water partition coefficient (Wildman–Crippen LogP) is 5.30. The molecule has 7 nitrogen and oxygen atoms in total. The van der Waals surface area contributed by atoms with Crippen molar-refractivity contribution in [2.45, 2.75) is 11.0 Å². The van der Waals surface area contributed by atoms with Gasteiger partial charge in [-0.1, -0.05) is 72.8 Å². The van der Waals surface area contributed by atoms with E-state index in [0.29, 0.717) is 22.6 Å². The first-order valence-electron chi connectivity index (χ1n) is 11.4. The molecule has 0 spiro atoms. The number of hydrogen-bond acceptors (Lipinski definition) is 6. The lowest BCUT2D eigenvalue weighted by Crippen LogP contribution is -2.27. The van der Waals surface area contributed by atoms with Crippen LogP contribution in [-0.4, -0.2) is 34.3 Å². The summed E-state index contributed by atoms with van der Waals surface area (Å²) in [6, 6.07) is 29.4. The summed E-state index contributed by atoms with van der Waals surface area (Å²) in [6.45, 7) is 0. The number of rotatable bonds is 9. The number of para-hydroxylation sites is 2. The van der Waals surface area contributed by atoms with Gasteiger partial charge in [-0.05, 0) is 36.4 Å². The first kappa shape index (κ1) is 25.7. The highest BCUT2D eigenvalue weighted by molar-refractivity contribution is 7.92. The number of methoxy groups -OCH3 is 1. The molecule has 8 heteroatoms. The maximum Gasteiger partial charge on any atom is 0.339 e. The lowest BCUT2D eigenvalue weighted by atomic mass is 10.00. The summed E-state index contributed by atoms with van der Waals surface area (Å²) >= 11 is 0. The molecule has 0 aliphatic heterocycles. The number of Topliss-reactive ketones (excluding diaryl/α,β-unsaturated/α-hetero) is 1. The van der Waals surface area contributed by atoms with E-state index in [9.17, 15) is 18.0 Å². The first-order chi connectivity index (χ1) is 17.8. The summed E-state index contributed by atoms with van der Waals surface area (Å²) in [6.07, 6.45) is -1.16. The van der Waals surface area contributed by atoms with E-state index in [4.69, 9.17) is 9.47 Å². The molecule has 4 aromatic rings. The van der Waals surface area contributed by atoms with E-state index in [1.807, 2.05) is 0 Å². The number of benzene rings is 4. The third kappa shape index (κ3) is 5.54. The van der Waals surface area contributed by atoms with Gasteiger partial charge in [0, 0.05) is 18.2 Å². The number of anilines is 1. The molecular formula is C29H25NO6S. The van der Waals surface area contributed by atoms with Crippen LogP contribution in [0.3, 0.4) is 0 Å². The second kappa shape index (κ2) is 11.1. The Balaban J connectivity index is 1.58. The quantitative estimate of drug-likeness (QED) is 0.222. The van der Waals surface area contributed by atoms with Gasteiger partial charge >= 0.3 is 5.97 Å². The number of carbonyl (C=O) groups excluding carboxylic acids is 2. The number of hydrogen-bond donors (Lipinski definition) is 0. The van der Waals surface area contributed by atoms with Crippen molar-refractivity contribution in [3.05, 3.63) is 126 Å². The van der Waals surface area contributed by atoms with Gasteiger partial charge in [0.05, 0.1) is 23.3 Å². The van der Waals surface area contributed by atoms with Crippen molar-refractivity contribution in [1.82, 2.24) is 0 Å². The predicted molar refractivity (Wildman–Crippen MR) is 140 cm³/mol. The number of sulfonamides is 1. The van der Waals surface area contributed by atoms with Crippen LogP contribution in [-0.2, 0) is 14.8 Å². The molecule has 0 heterocycles. The van der Waals surface area contributed by atoms with Crippen LogP contribution in [0.2, 0.25) is 0 Å². The van der Waals surface area contributed by atoms with E-state index < -0.39 is 22.1 Å². The Morgan fingerprint density at radius 3 is 1.92 bits per heavy atom. The SMILES string of the molecule is COc1ccccc1N(C)S(=O)(=O)c1ccc(C(=O)O[C@@H](C(=O)c2ccccc2)c2ccccc2)cc1. The van der Waals surface area contributed by atoms with E-state index in [0.717, 1.165) is 4.31 Å². The minimum atomic E-state index is -3.94. The molecule has 0 amide bonds. The van der Waals surface area contributed by atoms with E-state index in [2.05, 4.69) is 0 Å². The monoisotopic (exact) mass is 515 g/mol. The Kier molecular flexibility index (Phi) is 7.69. The molecule has 1 atom stereocenters. The van der Waals surface area contributed by atoms with Crippen molar-refractivity contribution in [2.24, 2.45) is 0 Å². The van der Waals surface area contributed by atoms with Gasteiger partial charge < -0.3 is 9.47 Å². The van der Waals surface area contributed by atoms with Crippen LogP contribution >= 0.6 is 0 Å². The smallest absolute Gasteiger partial charge is 0.339 e. The lowest BCUT2D eigenvalue weighted by Gasteiger charge is -2.21. The van der Waals surface area contributed by atoms with Gasteiger partial charge in [0.25, 0.3) is 10.0 Å². The van der Waals surface area contributed by atoms with Crippen molar-refractivity contribution >= 4 is 27.5 Å². The molecule has 0 aliphatic carbocycles. The number of nitrogens with zero attached hydrogens (tertiary/aromatic N) is 1. The standard InChI is InChI=1S/C29H25NO6S/c1-30(25-15-9-10-16-26(25)35-2)37(33,34)24-19-17-23(18-20-24)29(32)36-28(22-13-7-4-8-14-22)27(31)21-11-5-3-6-12-21/h3-20,28H,1-2H3/t28-/m1/s1. The van der Waals surface area contributed by atoms with Gasteiger partial charge in [-0.2, -0.15) is 0 Å². The zero-order valence-corrected chi connectivity index (χ0v) is 21.1. The van der Waals surface area contributed by atoms with Gasteiger partial charge in [0.2, 0.25) is 5.78 Å². The van der Waals surface area contributed by atoms with Crippen LogP contribution in [0.15, 0.2) is 114 Å². The molecular weight excluding hydrogens is 490 g/mol. The zero-order valence-electron chi connectivity index (χ0n) is 20.3. The molecule has 0 bridgehead atoms. The highest BCUT2D eigenvalue weighted by Crippen LogP contribution is 2.31.